The number of rotatable bonds is 5. The monoisotopic (exact) mass is 239 g/mol. The molecular formula is C14H25NO2. The van der Waals surface area contributed by atoms with Crippen LogP contribution in [0.5, 0.6) is 0 Å². The summed E-state index contributed by atoms with van der Waals surface area (Å²) in [5, 5.41) is 8.37. The van der Waals surface area contributed by atoms with E-state index in [9.17, 15) is 4.79 Å². The van der Waals surface area contributed by atoms with E-state index in [1.165, 1.54) is 51.4 Å². The normalized spacial score (nSPS) is 23.4. The van der Waals surface area contributed by atoms with Crippen LogP contribution in [-0.2, 0) is 4.79 Å². The van der Waals surface area contributed by atoms with Crippen LogP contribution in [0.15, 0.2) is 0 Å². The zero-order valence-corrected chi connectivity index (χ0v) is 10.7. The third-order valence-corrected chi connectivity index (χ3v) is 4.97. The third kappa shape index (κ3) is 3.44. The van der Waals surface area contributed by atoms with E-state index in [1.807, 2.05) is 0 Å². The van der Waals surface area contributed by atoms with Crippen LogP contribution in [0.1, 0.15) is 70.6 Å². The van der Waals surface area contributed by atoms with Crippen LogP contribution in [0.3, 0.4) is 0 Å². The molecule has 98 valence electrons. The van der Waals surface area contributed by atoms with Gasteiger partial charge in [0.25, 0.3) is 0 Å². The number of carbonyl (C=O) groups is 1. The molecular weight excluding hydrogens is 214 g/mol. The second kappa shape index (κ2) is 5.85. The molecule has 0 aliphatic heterocycles. The first-order valence-corrected chi connectivity index (χ1v) is 7.17. The van der Waals surface area contributed by atoms with Crippen molar-refractivity contribution in [2.24, 2.45) is 11.3 Å². The molecule has 0 heterocycles. The molecule has 2 saturated carbocycles. The summed E-state index contributed by atoms with van der Waals surface area (Å²) in [7, 11) is 0. The first-order valence-electron chi connectivity index (χ1n) is 7.17. The Bertz CT molecular complexity index is 251. The Morgan fingerprint density at radius 1 is 1.18 bits per heavy atom. The lowest BCUT2D eigenvalue weighted by atomic mass is 9.59. The average Bonchev–Trinajstić information content (AvgIpc) is 2.33. The summed E-state index contributed by atoms with van der Waals surface area (Å²) >= 11 is 0. The molecule has 2 aliphatic rings. The molecule has 0 bridgehead atoms. The third-order valence-electron chi connectivity index (χ3n) is 4.97. The zero-order chi connectivity index (χ0) is 12.1. The Kier molecular flexibility index (Phi) is 4.43. The van der Waals surface area contributed by atoms with E-state index in [2.05, 4.69) is 0 Å². The summed E-state index contributed by atoms with van der Waals surface area (Å²) in [4.78, 5) is 10.8. The molecule has 2 N–H and O–H groups in total. The standard InChI is InChI=1S/C14H25NO2/c16-13(15-17)5-2-1-4-12-6-10-14(11-7-12)8-3-9-14/h12,17H,1-11H2,(H,15,16). The minimum Gasteiger partial charge on any atom is -0.289 e. The fourth-order valence-corrected chi connectivity index (χ4v) is 3.53. The van der Waals surface area contributed by atoms with E-state index in [1.54, 1.807) is 5.48 Å². The molecule has 0 aromatic heterocycles. The lowest BCUT2D eigenvalue weighted by Crippen LogP contribution is -2.33. The highest BCUT2D eigenvalue weighted by Gasteiger charge is 2.39. The fraction of sp³-hybridized carbons (Fsp3) is 0.929. The maximum atomic E-state index is 10.8. The van der Waals surface area contributed by atoms with Crippen molar-refractivity contribution < 1.29 is 10.0 Å². The van der Waals surface area contributed by atoms with Gasteiger partial charge in [-0.25, -0.2) is 5.48 Å². The highest BCUT2D eigenvalue weighted by Crippen LogP contribution is 2.53. The van der Waals surface area contributed by atoms with Gasteiger partial charge in [0.2, 0.25) is 5.91 Å². The number of hydrogen-bond donors (Lipinski definition) is 2. The molecule has 1 amide bonds. The van der Waals surface area contributed by atoms with Gasteiger partial charge < -0.3 is 0 Å². The summed E-state index contributed by atoms with van der Waals surface area (Å²) in [6.45, 7) is 0. The van der Waals surface area contributed by atoms with Crippen LogP contribution in [0, 0.1) is 11.3 Å². The van der Waals surface area contributed by atoms with Crippen LogP contribution >= 0.6 is 0 Å². The Labute approximate surface area is 104 Å². The molecule has 0 aromatic carbocycles. The first kappa shape index (κ1) is 12.9. The lowest BCUT2D eigenvalue weighted by Gasteiger charge is -2.47. The van der Waals surface area contributed by atoms with Gasteiger partial charge in [-0.2, -0.15) is 0 Å². The van der Waals surface area contributed by atoms with Crippen LogP contribution in [0.25, 0.3) is 0 Å². The fourth-order valence-electron chi connectivity index (χ4n) is 3.53. The van der Waals surface area contributed by atoms with Crippen LogP contribution in [-0.4, -0.2) is 11.1 Å². The van der Waals surface area contributed by atoms with Gasteiger partial charge in [0.05, 0.1) is 0 Å². The summed E-state index contributed by atoms with van der Waals surface area (Å²) in [6, 6.07) is 0. The largest absolute Gasteiger partial charge is 0.289 e. The number of hydrogen-bond acceptors (Lipinski definition) is 2. The number of hydroxylamine groups is 1. The average molecular weight is 239 g/mol. The maximum absolute atomic E-state index is 10.8. The predicted octanol–water partition coefficient (Wildman–Crippen LogP) is 3.41. The Morgan fingerprint density at radius 2 is 1.88 bits per heavy atom. The van der Waals surface area contributed by atoms with Crippen molar-refractivity contribution in [2.75, 3.05) is 0 Å². The van der Waals surface area contributed by atoms with Crippen molar-refractivity contribution in [1.29, 1.82) is 0 Å². The molecule has 0 saturated heterocycles. The van der Waals surface area contributed by atoms with E-state index >= 15 is 0 Å². The van der Waals surface area contributed by atoms with Gasteiger partial charge in [-0.15, -0.1) is 0 Å². The second-order valence-corrected chi connectivity index (χ2v) is 6.08. The zero-order valence-electron chi connectivity index (χ0n) is 10.7. The number of carbonyl (C=O) groups excluding carboxylic acids is 1. The second-order valence-electron chi connectivity index (χ2n) is 6.08. The molecule has 0 radical (unpaired) electrons. The van der Waals surface area contributed by atoms with Crippen molar-refractivity contribution >= 4 is 5.91 Å². The highest BCUT2D eigenvalue weighted by molar-refractivity contribution is 5.74. The highest BCUT2D eigenvalue weighted by atomic mass is 16.5. The first-order chi connectivity index (χ1) is 8.24. The summed E-state index contributed by atoms with van der Waals surface area (Å²) < 4.78 is 0. The summed E-state index contributed by atoms with van der Waals surface area (Å²) in [5.74, 6) is 0.653. The molecule has 2 aliphatic carbocycles. The van der Waals surface area contributed by atoms with E-state index < -0.39 is 0 Å². The van der Waals surface area contributed by atoms with Crippen molar-refractivity contribution in [3.8, 4) is 0 Å². The number of nitrogens with one attached hydrogen (secondary N) is 1. The molecule has 17 heavy (non-hydrogen) atoms. The molecule has 0 aromatic rings. The topological polar surface area (TPSA) is 49.3 Å². The van der Waals surface area contributed by atoms with Crippen LogP contribution < -0.4 is 5.48 Å². The van der Waals surface area contributed by atoms with Crippen molar-refractivity contribution in [3.63, 3.8) is 0 Å². The van der Waals surface area contributed by atoms with Gasteiger partial charge >= 0.3 is 0 Å². The van der Waals surface area contributed by atoms with Gasteiger partial charge in [0.1, 0.15) is 0 Å². The van der Waals surface area contributed by atoms with Crippen LogP contribution in [0.4, 0.5) is 0 Å². The van der Waals surface area contributed by atoms with E-state index in [4.69, 9.17) is 5.21 Å². The van der Waals surface area contributed by atoms with E-state index in [0.717, 1.165) is 24.2 Å². The predicted molar refractivity (Wildman–Crippen MR) is 66.6 cm³/mol. The van der Waals surface area contributed by atoms with E-state index in [-0.39, 0.29) is 5.91 Å². The maximum Gasteiger partial charge on any atom is 0.243 e. The van der Waals surface area contributed by atoms with Crippen LogP contribution in [0.2, 0.25) is 0 Å². The molecule has 2 rings (SSSR count). The minimum atomic E-state index is -0.248. The molecule has 1 spiro atoms. The molecule has 0 unspecified atom stereocenters. The van der Waals surface area contributed by atoms with Gasteiger partial charge in [-0.1, -0.05) is 19.3 Å². The molecule has 3 heteroatoms. The van der Waals surface area contributed by atoms with Gasteiger partial charge in [-0.05, 0) is 56.3 Å². The Balaban J connectivity index is 1.54. The summed E-state index contributed by atoms with van der Waals surface area (Å²) in [5.41, 5.74) is 2.46. The molecule has 0 atom stereocenters. The quantitative estimate of drug-likeness (QED) is 0.439. The van der Waals surface area contributed by atoms with Gasteiger partial charge in [0, 0.05) is 6.42 Å². The molecule has 2 fully saturated rings. The lowest BCUT2D eigenvalue weighted by molar-refractivity contribution is -0.129. The minimum absolute atomic E-state index is 0.248. The van der Waals surface area contributed by atoms with Crippen molar-refractivity contribution in [1.82, 2.24) is 5.48 Å². The van der Waals surface area contributed by atoms with Crippen molar-refractivity contribution in [2.45, 2.75) is 70.6 Å². The van der Waals surface area contributed by atoms with E-state index in [0.29, 0.717) is 6.42 Å². The van der Waals surface area contributed by atoms with Crippen molar-refractivity contribution in [3.05, 3.63) is 0 Å². The summed E-state index contributed by atoms with van der Waals surface area (Å²) in [6.07, 6.45) is 13.9. The van der Waals surface area contributed by atoms with Gasteiger partial charge in [0.15, 0.2) is 0 Å². The number of unbranched alkanes of at least 4 members (excludes halogenated alkanes) is 1. The Hall–Kier alpha value is -0.570. The SMILES string of the molecule is O=C(CCCCC1CCC2(CCC2)CC1)NO. The number of amides is 1. The van der Waals surface area contributed by atoms with Gasteiger partial charge in [-0.3, -0.25) is 10.0 Å². The smallest absolute Gasteiger partial charge is 0.243 e. The molecule has 3 nitrogen and oxygen atoms in total. The Morgan fingerprint density at radius 3 is 2.41 bits per heavy atom.